The maximum atomic E-state index is 12.5. The molecule has 0 radical (unpaired) electrons. The summed E-state index contributed by atoms with van der Waals surface area (Å²) in [5.74, 6) is 2.07. The van der Waals surface area contributed by atoms with Crippen LogP contribution in [-0.4, -0.2) is 23.2 Å². The third-order valence-corrected chi connectivity index (χ3v) is 8.90. The summed E-state index contributed by atoms with van der Waals surface area (Å²) < 4.78 is 5.53. The van der Waals surface area contributed by atoms with Crippen molar-refractivity contribution >= 4 is 27.7 Å². The SMILES string of the molecule is CC(=O)O[C@H]1CC[C@@]2(C)C(=CCC3C2CC[C@]2(C)C(C(=O)CBr)=CCC32)C1. The Bertz CT molecular complexity index is 723. The molecule has 4 heteroatoms. The first-order chi connectivity index (χ1) is 12.8. The molecule has 0 aromatic carbocycles. The van der Waals surface area contributed by atoms with Crippen molar-refractivity contribution in [3.05, 3.63) is 23.3 Å². The minimum atomic E-state index is -0.160. The molecule has 6 atom stereocenters. The first kappa shape index (κ1) is 19.4. The van der Waals surface area contributed by atoms with E-state index in [1.54, 1.807) is 0 Å². The number of allylic oxidation sites excluding steroid dienone is 3. The van der Waals surface area contributed by atoms with Gasteiger partial charge in [-0.3, -0.25) is 9.59 Å². The molecule has 3 unspecified atom stereocenters. The molecule has 148 valence electrons. The Kier molecular flexibility index (Phi) is 4.93. The van der Waals surface area contributed by atoms with E-state index in [9.17, 15) is 9.59 Å². The summed E-state index contributed by atoms with van der Waals surface area (Å²) in [6.45, 7) is 6.31. The van der Waals surface area contributed by atoms with Gasteiger partial charge in [0.25, 0.3) is 0 Å². The number of fused-ring (bicyclic) bond motifs is 5. The van der Waals surface area contributed by atoms with Gasteiger partial charge in [0.2, 0.25) is 0 Å². The molecule has 0 amide bonds. The van der Waals surface area contributed by atoms with E-state index >= 15 is 0 Å². The summed E-state index contributed by atoms with van der Waals surface area (Å²) in [4.78, 5) is 23.9. The summed E-state index contributed by atoms with van der Waals surface area (Å²) in [6, 6.07) is 0. The minimum Gasteiger partial charge on any atom is -0.462 e. The second kappa shape index (κ2) is 6.86. The first-order valence-electron chi connectivity index (χ1n) is 10.5. The maximum absolute atomic E-state index is 12.5. The van der Waals surface area contributed by atoms with Crippen LogP contribution in [0, 0.1) is 28.6 Å². The molecule has 2 fully saturated rings. The minimum absolute atomic E-state index is 0.0582. The topological polar surface area (TPSA) is 43.4 Å². The van der Waals surface area contributed by atoms with E-state index in [4.69, 9.17) is 4.74 Å². The van der Waals surface area contributed by atoms with Crippen LogP contribution in [0.1, 0.15) is 65.7 Å². The number of rotatable bonds is 3. The van der Waals surface area contributed by atoms with Crippen LogP contribution >= 0.6 is 15.9 Å². The lowest BCUT2D eigenvalue weighted by atomic mass is 9.47. The molecular weight excluding hydrogens is 404 g/mol. The molecule has 3 nitrogen and oxygen atoms in total. The average Bonchev–Trinajstić information content (AvgIpc) is 2.98. The molecule has 0 heterocycles. The number of esters is 1. The molecule has 2 saturated carbocycles. The number of ketones is 1. The van der Waals surface area contributed by atoms with Crippen molar-refractivity contribution in [1.29, 1.82) is 0 Å². The molecule has 0 aromatic rings. The normalized spacial score (nSPS) is 43.0. The number of carbonyl (C=O) groups excluding carboxylic acids is 2. The summed E-state index contributed by atoms with van der Waals surface area (Å²) in [7, 11) is 0. The van der Waals surface area contributed by atoms with Gasteiger partial charge in [-0.05, 0) is 72.7 Å². The van der Waals surface area contributed by atoms with Gasteiger partial charge in [0.1, 0.15) is 6.10 Å². The lowest BCUT2D eigenvalue weighted by molar-refractivity contribution is -0.148. The van der Waals surface area contributed by atoms with Gasteiger partial charge in [0.05, 0.1) is 5.33 Å². The average molecular weight is 435 g/mol. The van der Waals surface area contributed by atoms with Gasteiger partial charge in [-0.15, -0.1) is 0 Å². The quantitative estimate of drug-likeness (QED) is 0.340. The van der Waals surface area contributed by atoms with E-state index in [0.717, 1.165) is 44.1 Å². The van der Waals surface area contributed by atoms with Crippen molar-refractivity contribution < 1.29 is 14.3 Å². The highest BCUT2D eigenvalue weighted by Crippen LogP contribution is 2.65. The van der Waals surface area contributed by atoms with Gasteiger partial charge < -0.3 is 4.74 Å². The summed E-state index contributed by atoms with van der Waals surface area (Å²) >= 11 is 3.38. The van der Waals surface area contributed by atoms with Gasteiger partial charge >= 0.3 is 5.97 Å². The van der Waals surface area contributed by atoms with Gasteiger partial charge in [-0.2, -0.15) is 0 Å². The Balaban J connectivity index is 1.58. The zero-order chi connectivity index (χ0) is 19.4. The second-order valence-corrected chi connectivity index (χ2v) is 10.2. The molecule has 0 bridgehead atoms. The molecule has 0 aliphatic heterocycles. The maximum Gasteiger partial charge on any atom is 0.302 e. The predicted octanol–water partition coefficient (Wildman–Crippen LogP) is 5.38. The Morgan fingerprint density at radius 2 is 1.85 bits per heavy atom. The van der Waals surface area contributed by atoms with Crippen LogP contribution in [-0.2, 0) is 14.3 Å². The number of alkyl halides is 1. The van der Waals surface area contributed by atoms with Gasteiger partial charge in [-0.25, -0.2) is 0 Å². The first-order valence-corrected chi connectivity index (χ1v) is 11.6. The molecule has 0 spiro atoms. The fourth-order valence-corrected chi connectivity index (χ4v) is 7.34. The summed E-state index contributed by atoms with van der Waals surface area (Å²) in [5, 5.41) is 0.439. The third kappa shape index (κ3) is 2.97. The van der Waals surface area contributed by atoms with Crippen molar-refractivity contribution in [2.75, 3.05) is 5.33 Å². The van der Waals surface area contributed by atoms with Crippen LogP contribution in [0.2, 0.25) is 0 Å². The largest absolute Gasteiger partial charge is 0.462 e. The van der Waals surface area contributed by atoms with Crippen LogP contribution in [0.3, 0.4) is 0 Å². The van der Waals surface area contributed by atoms with Crippen LogP contribution < -0.4 is 0 Å². The van der Waals surface area contributed by atoms with Crippen molar-refractivity contribution in [2.45, 2.75) is 71.8 Å². The Labute approximate surface area is 171 Å². The van der Waals surface area contributed by atoms with Crippen LogP contribution in [0.15, 0.2) is 23.3 Å². The van der Waals surface area contributed by atoms with Gasteiger partial charge in [0.15, 0.2) is 5.78 Å². The number of Topliss-reactive ketones (excluding diaryl/α,β-unsaturated/α-hetero) is 1. The van der Waals surface area contributed by atoms with Crippen molar-refractivity contribution in [3.8, 4) is 0 Å². The molecule has 4 aliphatic rings. The Morgan fingerprint density at radius 1 is 1.11 bits per heavy atom. The van der Waals surface area contributed by atoms with E-state index < -0.39 is 0 Å². The monoisotopic (exact) mass is 434 g/mol. The van der Waals surface area contributed by atoms with Crippen LogP contribution in [0.4, 0.5) is 0 Å². The highest BCUT2D eigenvalue weighted by atomic mass is 79.9. The molecule has 27 heavy (non-hydrogen) atoms. The van der Waals surface area contributed by atoms with Crippen LogP contribution in [0.5, 0.6) is 0 Å². The molecular formula is C23H31BrO3. The van der Waals surface area contributed by atoms with Gasteiger partial charge in [-0.1, -0.05) is 47.5 Å². The zero-order valence-corrected chi connectivity index (χ0v) is 18.3. The standard InChI is InChI=1S/C23H31BrO3/c1-14(25)27-16-8-10-22(2)15(12-16)4-5-17-18-6-7-20(21(26)13-24)23(18,3)11-9-19(17)22/h4,7,16-19H,5-6,8-13H2,1-3H3/t16-,17?,18?,19?,22-,23-/m0/s1. The van der Waals surface area contributed by atoms with Crippen molar-refractivity contribution in [2.24, 2.45) is 28.6 Å². The van der Waals surface area contributed by atoms with Crippen molar-refractivity contribution in [1.82, 2.24) is 0 Å². The number of hydrogen-bond donors (Lipinski definition) is 0. The lowest BCUT2D eigenvalue weighted by Crippen LogP contribution is -2.50. The molecule has 4 aliphatic carbocycles. The lowest BCUT2D eigenvalue weighted by Gasteiger charge is -2.57. The number of ether oxygens (including phenoxy) is 1. The fraction of sp³-hybridized carbons (Fsp3) is 0.739. The Morgan fingerprint density at radius 3 is 2.56 bits per heavy atom. The van der Waals surface area contributed by atoms with E-state index in [1.165, 1.54) is 18.9 Å². The van der Waals surface area contributed by atoms with E-state index in [0.29, 0.717) is 23.1 Å². The number of carbonyl (C=O) groups is 2. The van der Waals surface area contributed by atoms with Crippen LogP contribution in [0.25, 0.3) is 0 Å². The fourth-order valence-electron chi connectivity index (χ4n) is 7.03. The summed E-state index contributed by atoms with van der Waals surface area (Å²) in [6.07, 6.45) is 12.3. The van der Waals surface area contributed by atoms with Crippen molar-refractivity contribution in [3.63, 3.8) is 0 Å². The Hall–Kier alpha value is -0.900. The van der Waals surface area contributed by atoms with E-state index in [1.807, 2.05) is 0 Å². The second-order valence-electron chi connectivity index (χ2n) is 9.60. The summed E-state index contributed by atoms with van der Waals surface area (Å²) in [5.41, 5.74) is 2.90. The number of halogens is 1. The number of hydrogen-bond acceptors (Lipinski definition) is 3. The smallest absolute Gasteiger partial charge is 0.302 e. The highest BCUT2D eigenvalue weighted by molar-refractivity contribution is 9.09. The molecule has 4 rings (SSSR count). The predicted molar refractivity (Wildman–Crippen MR) is 110 cm³/mol. The molecule has 0 saturated heterocycles. The third-order valence-electron chi connectivity index (χ3n) is 8.39. The van der Waals surface area contributed by atoms with E-state index in [-0.39, 0.29) is 28.7 Å². The highest BCUT2D eigenvalue weighted by Gasteiger charge is 2.57. The zero-order valence-electron chi connectivity index (χ0n) is 16.7. The van der Waals surface area contributed by atoms with E-state index in [2.05, 4.69) is 41.9 Å². The molecule has 0 aromatic heterocycles. The molecule has 0 N–H and O–H groups in total. The van der Waals surface area contributed by atoms with Gasteiger partial charge in [0, 0.05) is 13.3 Å².